The van der Waals surface area contributed by atoms with E-state index in [0.717, 1.165) is 0 Å². The Balaban J connectivity index is 0.000000980. The van der Waals surface area contributed by atoms with Crippen LogP contribution in [0.3, 0.4) is 0 Å². The van der Waals surface area contributed by atoms with Crippen molar-refractivity contribution < 1.29 is 0 Å². The van der Waals surface area contributed by atoms with Gasteiger partial charge in [0.2, 0.25) is 0 Å². The highest BCUT2D eigenvalue weighted by Crippen LogP contribution is 2.11. The number of H-pyrrole nitrogens is 2. The van der Waals surface area contributed by atoms with Gasteiger partial charge in [-0.1, -0.05) is 0 Å². The monoisotopic (exact) mass is 358 g/mol. The van der Waals surface area contributed by atoms with E-state index in [-0.39, 0.29) is 33.7 Å². The zero-order valence-electron chi connectivity index (χ0n) is 14.6. The lowest BCUT2D eigenvalue weighted by atomic mass is 10.5. The van der Waals surface area contributed by atoms with Crippen LogP contribution >= 0.6 is 0 Å². The summed E-state index contributed by atoms with van der Waals surface area (Å²) in [6, 6.07) is 7.41. The molecule has 0 amide bonds. The summed E-state index contributed by atoms with van der Waals surface area (Å²) >= 11 is 0. The zero-order valence-corrected chi connectivity index (χ0v) is 14.6. The molecule has 126 valence electrons. The minimum atomic E-state index is 0. The lowest BCUT2D eigenvalue weighted by Crippen LogP contribution is -1.87. The molecule has 3 aromatic heterocycles. The van der Waals surface area contributed by atoms with Crippen molar-refractivity contribution in [2.24, 2.45) is 0 Å². The van der Waals surface area contributed by atoms with Crippen molar-refractivity contribution in [3.8, 4) is 0 Å². The molecule has 0 atom stereocenters. The number of hydrogen-bond acceptors (Lipinski definition) is 6. The van der Waals surface area contributed by atoms with Gasteiger partial charge in [0.15, 0.2) is 23.3 Å². The third kappa shape index (κ3) is 4.46. The summed E-state index contributed by atoms with van der Waals surface area (Å²) in [5.41, 5.74) is 2.74. The van der Waals surface area contributed by atoms with E-state index in [1.807, 2.05) is 24.3 Å². The van der Waals surface area contributed by atoms with Crippen LogP contribution in [-0.4, -0.2) is 73.5 Å². The predicted molar refractivity (Wildman–Crippen MR) is 113 cm³/mol. The van der Waals surface area contributed by atoms with Crippen molar-refractivity contribution >= 4 is 80.5 Å². The van der Waals surface area contributed by atoms with Gasteiger partial charge in [0, 0.05) is 33.7 Å². The molecule has 0 aromatic carbocycles. The normalized spacial score (nSPS) is 10.9. The summed E-state index contributed by atoms with van der Waals surface area (Å²) < 4.78 is 0. The molecular formula is C16H10B4N8. The van der Waals surface area contributed by atoms with Gasteiger partial charge in [-0.15, -0.1) is 0 Å². The van der Waals surface area contributed by atoms with E-state index in [0.29, 0.717) is 45.9 Å². The molecule has 3 aromatic rings. The molecule has 0 fully saturated rings. The lowest BCUT2D eigenvalue weighted by Gasteiger charge is -1.84. The van der Waals surface area contributed by atoms with Crippen molar-refractivity contribution in [1.82, 2.24) is 39.9 Å². The summed E-state index contributed by atoms with van der Waals surface area (Å²) in [4.78, 5) is 32.7. The third-order valence-corrected chi connectivity index (χ3v) is 3.47. The number of nitrogens with one attached hydrogen (secondary N) is 2. The van der Waals surface area contributed by atoms with Gasteiger partial charge in [-0.2, -0.15) is 0 Å². The van der Waals surface area contributed by atoms with Crippen LogP contribution in [0.1, 0.15) is 23.3 Å². The highest BCUT2D eigenvalue weighted by molar-refractivity contribution is 5.76. The second-order valence-corrected chi connectivity index (χ2v) is 5.23. The highest BCUT2D eigenvalue weighted by atomic mass is 15.0. The lowest BCUT2D eigenvalue weighted by molar-refractivity contribution is 1.07. The van der Waals surface area contributed by atoms with E-state index in [9.17, 15) is 0 Å². The van der Waals surface area contributed by atoms with Crippen LogP contribution in [0.4, 0.5) is 0 Å². The van der Waals surface area contributed by atoms with Crippen LogP contribution in [0.15, 0.2) is 24.3 Å². The van der Waals surface area contributed by atoms with E-state index < -0.39 is 0 Å². The number of fused-ring (bicyclic) bond motifs is 8. The molecule has 0 saturated heterocycles. The fourth-order valence-electron chi connectivity index (χ4n) is 2.43. The summed E-state index contributed by atoms with van der Waals surface area (Å²) in [6.45, 7) is 0. The van der Waals surface area contributed by atoms with Gasteiger partial charge in [0.25, 0.3) is 0 Å². The average molecular weight is 358 g/mol. The molecule has 5 heterocycles. The number of hydrogen-bond donors (Lipinski definition) is 2. The van der Waals surface area contributed by atoms with Crippen molar-refractivity contribution in [1.29, 1.82) is 0 Å². The number of aromatic amines is 2. The SMILES string of the molecule is C1=Cc2nc1nc1nc(nc3ccc(nc4ccc(n2)[nH]4)[nH]3)C=C1.[B].[B].[B].[B]. The smallest absolute Gasteiger partial charge is 0.156 e. The van der Waals surface area contributed by atoms with Gasteiger partial charge >= 0.3 is 0 Å². The molecule has 0 spiro atoms. The second kappa shape index (κ2) is 8.98. The molecule has 2 aliphatic heterocycles. The largest absolute Gasteiger partial charge is 0.325 e. The highest BCUT2D eigenvalue weighted by Gasteiger charge is 2.04. The van der Waals surface area contributed by atoms with Crippen molar-refractivity contribution in [3.63, 3.8) is 0 Å². The molecular weight excluding hydrogens is 347 g/mol. The molecule has 2 N–H and O–H groups in total. The standard InChI is InChI=1S/C16H10N8.4B/c1-2-10-17-9(1)21-11-3-4-13(18-11)23-15-7-8-16(20-15)24-14-6-5-12(19-14)22-10;;;;/h1-8H,(H2,17,18,19,20,21,22,23,24);;;;. The Morgan fingerprint density at radius 1 is 0.393 bits per heavy atom. The first-order valence-corrected chi connectivity index (χ1v) is 7.33. The predicted octanol–water partition coefficient (Wildman–Crippen LogP) is 0.712. The Morgan fingerprint density at radius 2 is 0.679 bits per heavy atom. The molecule has 8 nitrogen and oxygen atoms in total. The van der Waals surface area contributed by atoms with Gasteiger partial charge in [-0.3, -0.25) is 0 Å². The van der Waals surface area contributed by atoms with Crippen LogP contribution in [0.25, 0.3) is 46.9 Å². The van der Waals surface area contributed by atoms with E-state index in [4.69, 9.17) is 0 Å². The first kappa shape index (κ1) is 22.6. The molecule has 0 unspecified atom stereocenters. The first-order valence-electron chi connectivity index (χ1n) is 7.33. The van der Waals surface area contributed by atoms with Crippen molar-refractivity contribution in [2.75, 3.05) is 0 Å². The third-order valence-electron chi connectivity index (χ3n) is 3.47. The molecule has 2 aliphatic rings. The van der Waals surface area contributed by atoms with Crippen LogP contribution in [-0.2, 0) is 0 Å². The fraction of sp³-hybridized carbons (Fsp3) is 0. The van der Waals surface area contributed by atoms with Crippen LogP contribution < -0.4 is 0 Å². The number of aromatic nitrogens is 8. The maximum absolute atomic E-state index is 4.48. The molecule has 0 saturated carbocycles. The summed E-state index contributed by atoms with van der Waals surface area (Å²) in [7, 11) is 0. The summed E-state index contributed by atoms with van der Waals surface area (Å²) in [6.07, 6.45) is 7.21. The summed E-state index contributed by atoms with van der Waals surface area (Å²) in [5.74, 6) is 2.27. The van der Waals surface area contributed by atoms with E-state index in [1.165, 1.54) is 0 Å². The Kier molecular flexibility index (Phi) is 7.26. The van der Waals surface area contributed by atoms with E-state index in [2.05, 4.69) is 39.9 Å². The maximum Gasteiger partial charge on any atom is 0.156 e. The van der Waals surface area contributed by atoms with Crippen LogP contribution in [0.2, 0.25) is 0 Å². The van der Waals surface area contributed by atoms with Gasteiger partial charge in [-0.25, -0.2) is 29.9 Å². The molecule has 0 aliphatic carbocycles. The Morgan fingerprint density at radius 3 is 1.04 bits per heavy atom. The molecule has 8 bridgehead atoms. The Hall–Kier alpha value is -3.42. The number of rotatable bonds is 0. The van der Waals surface area contributed by atoms with Crippen LogP contribution in [0, 0.1) is 0 Å². The molecule has 12 heteroatoms. The van der Waals surface area contributed by atoms with E-state index >= 15 is 0 Å². The van der Waals surface area contributed by atoms with Crippen molar-refractivity contribution in [2.45, 2.75) is 0 Å². The van der Waals surface area contributed by atoms with Gasteiger partial charge in [0.05, 0.1) is 0 Å². The Labute approximate surface area is 168 Å². The van der Waals surface area contributed by atoms with Gasteiger partial charge < -0.3 is 9.97 Å². The quantitative estimate of drug-likeness (QED) is 0.395. The molecule has 12 radical (unpaired) electrons. The van der Waals surface area contributed by atoms with Gasteiger partial charge in [-0.05, 0) is 48.6 Å². The average Bonchev–Trinajstić information content (AvgIpc) is 3.32. The fourth-order valence-corrected chi connectivity index (χ4v) is 2.43. The van der Waals surface area contributed by atoms with Crippen molar-refractivity contribution in [3.05, 3.63) is 47.6 Å². The molecule has 28 heavy (non-hydrogen) atoms. The van der Waals surface area contributed by atoms with Crippen LogP contribution in [0.5, 0.6) is 0 Å². The topological polar surface area (TPSA) is 109 Å². The minimum Gasteiger partial charge on any atom is -0.325 e. The maximum atomic E-state index is 4.48. The summed E-state index contributed by atoms with van der Waals surface area (Å²) in [5, 5.41) is 0. The Bertz CT molecular complexity index is 1090. The minimum absolute atomic E-state index is 0. The first-order chi connectivity index (χ1) is 11.8. The second-order valence-electron chi connectivity index (χ2n) is 5.23. The molecule has 5 rings (SSSR count). The number of nitrogens with zero attached hydrogens (tertiary/aromatic N) is 6. The van der Waals surface area contributed by atoms with E-state index in [1.54, 1.807) is 24.3 Å². The van der Waals surface area contributed by atoms with Gasteiger partial charge in [0.1, 0.15) is 22.6 Å². The zero-order chi connectivity index (χ0) is 15.9.